The number of nitrogens with one attached hydrogen (secondary N) is 1. The molecule has 5 heteroatoms. The van der Waals surface area contributed by atoms with Gasteiger partial charge in [-0.1, -0.05) is 29.8 Å². The molecule has 0 aromatic heterocycles. The summed E-state index contributed by atoms with van der Waals surface area (Å²) in [7, 11) is 0. The molecule has 1 aliphatic rings. The van der Waals surface area contributed by atoms with E-state index in [4.69, 9.17) is 0 Å². The third kappa shape index (κ3) is 2.95. The first-order chi connectivity index (χ1) is 8.49. The van der Waals surface area contributed by atoms with Crippen LogP contribution in [0.25, 0.3) is 0 Å². The maximum atomic E-state index is 12.3. The van der Waals surface area contributed by atoms with Gasteiger partial charge in [0.05, 0.1) is 11.7 Å². The molecule has 1 aromatic rings. The van der Waals surface area contributed by atoms with Crippen LogP contribution in [0.4, 0.5) is 5.69 Å². The molecule has 1 unspecified atom stereocenters. The van der Waals surface area contributed by atoms with E-state index in [1.807, 2.05) is 23.1 Å². The van der Waals surface area contributed by atoms with E-state index in [-0.39, 0.29) is 11.9 Å². The molecule has 1 N–H and O–H groups in total. The molecule has 98 valence electrons. The summed E-state index contributed by atoms with van der Waals surface area (Å²) in [5, 5.41) is 3.31. The Morgan fingerprint density at radius 2 is 2.11 bits per heavy atom. The maximum absolute atomic E-state index is 12.3. The lowest BCUT2D eigenvalue weighted by Crippen LogP contribution is -2.41. The zero-order chi connectivity index (χ0) is 13.3. The molecule has 1 aliphatic heterocycles. The number of rotatable bonds is 3. The molecule has 0 bridgehead atoms. The molecule has 1 amide bonds. The van der Waals surface area contributed by atoms with E-state index in [0.717, 1.165) is 27.6 Å². The second kappa shape index (κ2) is 5.72. The van der Waals surface area contributed by atoms with Crippen molar-refractivity contribution in [2.45, 2.75) is 32.4 Å². The summed E-state index contributed by atoms with van der Waals surface area (Å²) in [6, 6.07) is 6.15. The summed E-state index contributed by atoms with van der Waals surface area (Å²) in [4.78, 5) is 14.2. The lowest BCUT2D eigenvalue weighted by molar-refractivity contribution is -0.118. The highest BCUT2D eigenvalue weighted by molar-refractivity contribution is 9.11. The van der Waals surface area contributed by atoms with Crippen LogP contribution in [0.5, 0.6) is 0 Å². The smallest absolute Gasteiger partial charge is 0.244 e. The normalized spacial score (nSPS) is 19.9. The zero-order valence-electron chi connectivity index (χ0n) is 10.4. The minimum Gasteiger partial charge on any atom is -0.310 e. The Kier molecular flexibility index (Phi) is 4.45. The van der Waals surface area contributed by atoms with Crippen LogP contribution >= 0.6 is 31.9 Å². The van der Waals surface area contributed by atoms with Gasteiger partial charge in [0, 0.05) is 21.5 Å². The highest BCUT2D eigenvalue weighted by Gasteiger charge is 2.33. The van der Waals surface area contributed by atoms with Crippen LogP contribution in [0, 0.1) is 0 Å². The lowest BCUT2D eigenvalue weighted by atomic mass is 10.2. The van der Waals surface area contributed by atoms with Crippen LogP contribution in [0.15, 0.2) is 27.1 Å². The van der Waals surface area contributed by atoms with Crippen molar-refractivity contribution in [2.75, 3.05) is 11.4 Å². The molecule has 0 saturated carbocycles. The lowest BCUT2D eigenvalue weighted by Gasteiger charge is -2.19. The second-order valence-electron chi connectivity index (χ2n) is 4.75. The van der Waals surface area contributed by atoms with Gasteiger partial charge >= 0.3 is 0 Å². The summed E-state index contributed by atoms with van der Waals surface area (Å²) < 4.78 is 1.94. The Hall–Kier alpha value is -0.390. The molecule has 0 aliphatic carbocycles. The van der Waals surface area contributed by atoms with Gasteiger partial charge in [-0.25, -0.2) is 0 Å². The average molecular weight is 376 g/mol. The van der Waals surface area contributed by atoms with Gasteiger partial charge in [-0.15, -0.1) is 0 Å². The Labute approximate surface area is 124 Å². The first-order valence-corrected chi connectivity index (χ1v) is 7.60. The fourth-order valence-electron chi connectivity index (χ4n) is 2.18. The predicted octanol–water partition coefficient (Wildman–Crippen LogP) is 3.31. The van der Waals surface area contributed by atoms with Crippen LogP contribution in [-0.2, 0) is 4.79 Å². The number of nitrogens with zero attached hydrogens (tertiary/aromatic N) is 1. The number of hydrogen-bond acceptors (Lipinski definition) is 2. The van der Waals surface area contributed by atoms with Gasteiger partial charge in [-0.3, -0.25) is 4.79 Å². The van der Waals surface area contributed by atoms with Crippen LogP contribution in [0.2, 0.25) is 0 Å². The van der Waals surface area contributed by atoms with E-state index in [1.54, 1.807) is 0 Å². The van der Waals surface area contributed by atoms with Gasteiger partial charge in [-0.05, 0) is 40.5 Å². The molecule has 1 fully saturated rings. The number of anilines is 1. The van der Waals surface area contributed by atoms with Crippen molar-refractivity contribution >= 4 is 43.5 Å². The van der Waals surface area contributed by atoms with Gasteiger partial charge in [0.15, 0.2) is 0 Å². The van der Waals surface area contributed by atoms with Crippen molar-refractivity contribution in [2.24, 2.45) is 0 Å². The fraction of sp³-hybridized carbons (Fsp3) is 0.462. The van der Waals surface area contributed by atoms with Gasteiger partial charge in [-0.2, -0.15) is 0 Å². The van der Waals surface area contributed by atoms with E-state index >= 15 is 0 Å². The van der Waals surface area contributed by atoms with E-state index in [2.05, 4.69) is 51.0 Å². The van der Waals surface area contributed by atoms with Crippen molar-refractivity contribution in [3.63, 3.8) is 0 Å². The van der Waals surface area contributed by atoms with Crippen molar-refractivity contribution in [3.05, 3.63) is 27.1 Å². The number of carbonyl (C=O) groups excluding carboxylic acids is 1. The van der Waals surface area contributed by atoms with E-state index in [1.165, 1.54) is 0 Å². The standard InChI is InChI=1S/C13H16Br2N2O/c1-8(2)16-11-5-6-17(13(11)18)12-4-3-9(14)7-10(12)15/h3-4,7-8,11,16H,5-6H2,1-2H3. The molecule has 3 nitrogen and oxygen atoms in total. The van der Waals surface area contributed by atoms with Crippen LogP contribution in [0.3, 0.4) is 0 Å². The second-order valence-corrected chi connectivity index (χ2v) is 6.52. The summed E-state index contributed by atoms with van der Waals surface area (Å²) in [5.41, 5.74) is 0.941. The molecule has 1 saturated heterocycles. The molecule has 0 spiro atoms. The highest BCUT2D eigenvalue weighted by Crippen LogP contribution is 2.32. The molecular weight excluding hydrogens is 360 g/mol. The van der Waals surface area contributed by atoms with Crippen LogP contribution in [0.1, 0.15) is 20.3 Å². The van der Waals surface area contributed by atoms with E-state index < -0.39 is 0 Å². The first kappa shape index (κ1) is 14.0. The Morgan fingerprint density at radius 1 is 1.39 bits per heavy atom. The monoisotopic (exact) mass is 374 g/mol. The van der Waals surface area contributed by atoms with Gasteiger partial charge < -0.3 is 10.2 Å². The number of benzene rings is 1. The summed E-state index contributed by atoms with van der Waals surface area (Å²) in [6.07, 6.45) is 0.861. The molecule has 1 heterocycles. The number of amides is 1. The van der Waals surface area contributed by atoms with Crippen LogP contribution < -0.4 is 10.2 Å². The molecule has 1 aromatic carbocycles. The summed E-state index contributed by atoms with van der Waals surface area (Å²) in [6.45, 7) is 4.89. The molecule has 18 heavy (non-hydrogen) atoms. The summed E-state index contributed by atoms with van der Waals surface area (Å²) in [5.74, 6) is 0.159. The third-order valence-corrected chi connectivity index (χ3v) is 4.07. The molecular formula is C13H16Br2N2O. The molecule has 2 rings (SSSR count). The van der Waals surface area contributed by atoms with E-state index in [9.17, 15) is 4.79 Å². The molecule has 0 radical (unpaired) electrons. The minimum atomic E-state index is -0.0550. The zero-order valence-corrected chi connectivity index (χ0v) is 13.6. The topological polar surface area (TPSA) is 32.3 Å². The van der Waals surface area contributed by atoms with Crippen molar-refractivity contribution < 1.29 is 4.79 Å². The average Bonchev–Trinajstić information content (AvgIpc) is 2.60. The van der Waals surface area contributed by atoms with Gasteiger partial charge in [0.1, 0.15) is 0 Å². The van der Waals surface area contributed by atoms with E-state index in [0.29, 0.717) is 6.04 Å². The number of hydrogen-bond donors (Lipinski definition) is 1. The largest absolute Gasteiger partial charge is 0.310 e. The highest BCUT2D eigenvalue weighted by atomic mass is 79.9. The maximum Gasteiger partial charge on any atom is 0.244 e. The fourth-order valence-corrected chi connectivity index (χ4v) is 3.44. The van der Waals surface area contributed by atoms with Crippen molar-refractivity contribution in [1.82, 2.24) is 5.32 Å². The predicted molar refractivity (Wildman–Crippen MR) is 80.9 cm³/mol. The summed E-state index contributed by atoms with van der Waals surface area (Å²) >= 11 is 6.93. The minimum absolute atomic E-state index is 0.0550. The van der Waals surface area contributed by atoms with Gasteiger partial charge in [0.25, 0.3) is 0 Å². The Balaban J connectivity index is 2.18. The van der Waals surface area contributed by atoms with Crippen molar-refractivity contribution in [1.29, 1.82) is 0 Å². The Morgan fingerprint density at radius 3 is 2.72 bits per heavy atom. The third-order valence-electron chi connectivity index (χ3n) is 2.94. The molecule has 1 atom stereocenters. The first-order valence-electron chi connectivity index (χ1n) is 6.01. The quantitative estimate of drug-likeness (QED) is 0.878. The van der Waals surface area contributed by atoms with Gasteiger partial charge in [0.2, 0.25) is 5.91 Å². The van der Waals surface area contributed by atoms with Crippen LogP contribution in [-0.4, -0.2) is 24.5 Å². The number of carbonyl (C=O) groups is 1. The van der Waals surface area contributed by atoms with Crippen molar-refractivity contribution in [3.8, 4) is 0 Å². The number of halogens is 2. The Bertz CT molecular complexity index is 462. The SMILES string of the molecule is CC(C)NC1CCN(c2ccc(Br)cc2Br)C1=O.